The molecule has 0 aromatic heterocycles. The summed E-state index contributed by atoms with van der Waals surface area (Å²) in [6.45, 7) is 7.86. The summed E-state index contributed by atoms with van der Waals surface area (Å²) >= 11 is 1.63. The van der Waals surface area contributed by atoms with E-state index in [4.69, 9.17) is 4.74 Å². The molecule has 2 N–H and O–H groups in total. The van der Waals surface area contributed by atoms with Crippen LogP contribution in [0.3, 0.4) is 0 Å². The van der Waals surface area contributed by atoms with Crippen LogP contribution in [0.15, 0.2) is 0 Å². The molecule has 0 amide bonds. The van der Waals surface area contributed by atoms with Crippen LogP contribution in [0.1, 0.15) is 40.5 Å². The predicted molar refractivity (Wildman–Crippen MR) is 79.3 cm³/mol. The number of aliphatic hydroxyl groups excluding tert-OH is 1. The van der Waals surface area contributed by atoms with E-state index in [1.54, 1.807) is 18.7 Å². The van der Waals surface area contributed by atoms with Crippen molar-refractivity contribution in [2.24, 2.45) is 5.92 Å². The third kappa shape index (κ3) is 4.36. The monoisotopic (exact) mass is 289 g/mol. The lowest BCUT2D eigenvalue weighted by molar-refractivity contribution is -0.149. The summed E-state index contributed by atoms with van der Waals surface area (Å²) in [4.78, 5) is 12.3. The molecule has 5 heteroatoms. The lowest BCUT2D eigenvalue weighted by atomic mass is 9.94. The number of esters is 1. The van der Waals surface area contributed by atoms with Gasteiger partial charge in [0.25, 0.3) is 0 Å². The number of thioether (sulfide) groups is 1. The first-order valence-corrected chi connectivity index (χ1v) is 8.04. The van der Waals surface area contributed by atoms with Crippen molar-refractivity contribution in [1.82, 2.24) is 5.32 Å². The maximum atomic E-state index is 12.3. The summed E-state index contributed by atoms with van der Waals surface area (Å²) in [6, 6.07) is 0.224. The molecule has 0 bridgehead atoms. The number of nitrogens with one attached hydrogen (secondary N) is 1. The van der Waals surface area contributed by atoms with Crippen LogP contribution >= 0.6 is 11.8 Å². The van der Waals surface area contributed by atoms with E-state index in [1.165, 1.54) is 7.11 Å². The summed E-state index contributed by atoms with van der Waals surface area (Å²) in [5, 5.41) is 13.1. The van der Waals surface area contributed by atoms with Crippen molar-refractivity contribution in [3.63, 3.8) is 0 Å². The smallest absolute Gasteiger partial charge is 0.327 e. The molecule has 0 spiro atoms. The molecular weight excluding hydrogens is 262 g/mol. The van der Waals surface area contributed by atoms with E-state index in [1.807, 2.05) is 20.8 Å². The van der Waals surface area contributed by atoms with Gasteiger partial charge in [0.05, 0.1) is 13.2 Å². The second-order valence-electron chi connectivity index (χ2n) is 5.79. The number of carbonyl (C=O) groups excluding carboxylic acids is 1. The summed E-state index contributed by atoms with van der Waals surface area (Å²) in [6.07, 6.45) is 1.76. The van der Waals surface area contributed by atoms with E-state index >= 15 is 0 Å². The number of aliphatic hydroxyl groups is 1. The van der Waals surface area contributed by atoms with E-state index in [2.05, 4.69) is 5.32 Å². The van der Waals surface area contributed by atoms with Crippen LogP contribution in [-0.4, -0.2) is 46.9 Å². The fourth-order valence-electron chi connectivity index (χ4n) is 2.24. The molecule has 112 valence electrons. The Morgan fingerprint density at radius 2 is 2.00 bits per heavy atom. The average Bonchev–Trinajstić information content (AvgIpc) is 3.16. The van der Waals surface area contributed by atoms with E-state index in [0.29, 0.717) is 11.7 Å². The zero-order chi connectivity index (χ0) is 14.6. The van der Waals surface area contributed by atoms with Crippen LogP contribution in [0.4, 0.5) is 0 Å². The van der Waals surface area contributed by atoms with Gasteiger partial charge in [0, 0.05) is 17.0 Å². The first-order chi connectivity index (χ1) is 8.83. The minimum Gasteiger partial charge on any atom is -0.468 e. The normalized spacial score (nSPS) is 21.8. The van der Waals surface area contributed by atoms with Crippen molar-refractivity contribution in [1.29, 1.82) is 0 Å². The highest BCUT2D eigenvalue weighted by molar-refractivity contribution is 8.00. The summed E-state index contributed by atoms with van der Waals surface area (Å²) < 4.78 is 5.03. The van der Waals surface area contributed by atoms with Gasteiger partial charge in [0.15, 0.2) is 0 Å². The highest BCUT2D eigenvalue weighted by Gasteiger charge is 2.52. The van der Waals surface area contributed by atoms with Crippen molar-refractivity contribution < 1.29 is 14.6 Å². The van der Waals surface area contributed by atoms with Gasteiger partial charge < -0.3 is 9.84 Å². The molecule has 1 rings (SSSR count). The minimum absolute atomic E-state index is 0.108. The number of hydrogen-bond donors (Lipinski definition) is 2. The molecule has 4 nitrogen and oxygen atoms in total. The van der Waals surface area contributed by atoms with Crippen LogP contribution < -0.4 is 5.32 Å². The zero-order valence-corrected chi connectivity index (χ0v) is 13.4. The van der Waals surface area contributed by atoms with Gasteiger partial charge in [0.2, 0.25) is 0 Å². The van der Waals surface area contributed by atoms with E-state index in [9.17, 15) is 9.90 Å². The third-order valence-corrected chi connectivity index (χ3v) is 5.17. The van der Waals surface area contributed by atoms with E-state index in [0.717, 1.165) is 12.8 Å². The molecule has 3 unspecified atom stereocenters. The number of carbonyl (C=O) groups is 1. The van der Waals surface area contributed by atoms with Crippen LogP contribution in [0.5, 0.6) is 0 Å². The van der Waals surface area contributed by atoms with Crippen LogP contribution in [-0.2, 0) is 9.53 Å². The maximum absolute atomic E-state index is 12.3. The number of ether oxygens (including phenoxy) is 1. The van der Waals surface area contributed by atoms with Gasteiger partial charge in [-0.3, -0.25) is 10.1 Å². The van der Waals surface area contributed by atoms with Crippen molar-refractivity contribution in [2.45, 2.75) is 63.5 Å². The molecule has 0 aromatic rings. The lowest BCUT2D eigenvalue weighted by Crippen LogP contribution is -2.59. The van der Waals surface area contributed by atoms with Gasteiger partial charge in [0.1, 0.15) is 5.54 Å². The molecule has 0 saturated heterocycles. The van der Waals surface area contributed by atoms with Gasteiger partial charge in [-0.15, -0.1) is 0 Å². The molecule has 0 aromatic carbocycles. The van der Waals surface area contributed by atoms with E-state index < -0.39 is 5.54 Å². The Hall–Kier alpha value is -0.260. The second-order valence-corrected chi connectivity index (χ2v) is 7.16. The van der Waals surface area contributed by atoms with Crippen LogP contribution in [0, 0.1) is 5.92 Å². The van der Waals surface area contributed by atoms with E-state index in [-0.39, 0.29) is 23.4 Å². The molecular formula is C14H27NO3S. The Bertz CT molecular complexity index is 305. The molecule has 1 fully saturated rings. The summed E-state index contributed by atoms with van der Waals surface area (Å²) in [5.74, 6) is 0.833. The van der Waals surface area contributed by atoms with Crippen molar-refractivity contribution in [2.75, 3.05) is 12.9 Å². The molecule has 0 aliphatic heterocycles. The predicted octanol–water partition coefficient (Wildman–Crippen LogP) is 1.81. The topological polar surface area (TPSA) is 58.6 Å². The van der Waals surface area contributed by atoms with Crippen molar-refractivity contribution >= 4 is 17.7 Å². The second kappa shape index (κ2) is 6.95. The van der Waals surface area contributed by atoms with Crippen molar-refractivity contribution in [3.8, 4) is 0 Å². The number of methoxy groups -OCH3 is 1. The largest absolute Gasteiger partial charge is 0.468 e. The molecule has 1 saturated carbocycles. The Morgan fingerprint density at radius 3 is 2.37 bits per heavy atom. The van der Waals surface area contributed by atoms with Gasteiger partial charge in [-0.05, 0) is 39.5 Å². The average molecular weight is 289 g/mol. The lowest BCUT2D eigenvalue weighted by Gasteiger charge is -2.35. The Kier molecular flexibility index (Phi) is 6.15. The first kappa shape index (κ1) is 16.8. The fourth-order valence-corrected chi connectivity index (χ4v) is 3.48. The SMILES string of the molecule is COC(=O)C(CSC(C)C(C)O)(NC(C)C)C1CC1. The van der Waals surface area contributed by atoms with Crippen LogP contribution in [0.2, 0.25) is 0 Å². The van der Waals surface area contributed by atoms with Gasteiger partial charge in [-0.1, -0.05) is 6.92 Å². The maximum Gasteiger partial charge on any atom is 0.327 e. The third-order valence-electron chi connectivity index (χ3n) is 3.62. The van der Waals surface area contributed by atoms with Gasteiger partial charge in [-0.25, -0.2) is 0 Å². The molecule has 0 heterocycles. The fraction of sp³-hybridized carbons (Fsp3) is 0.929. The Balaban J connectivity index is 2.80. The number of hydrogen-bond acceptors (Lipinski definition) is 5. The Labute approximate surface area is 120 Å². The Morgan fingerprint density at radius 1 is 1.42 bits per heavy atom. The molecule has 1 aliphatic rings. The van der Waals surface area contributed by atoms with Crippen LogP contribution in [0.25, 0.3) is 0 Å². The van der Waals surface area contributed by atoms with Gasteiger partial charge >= 0.3 is 5.97 Å². The van der Waals surface area contributed by atoms with Gasteiger partial charge in [-0.2, -0.15) is 11.8 Å². The molecule has 0 radical (unpaired) electrons. The number of rotatable bonds is 8. The first-order valence-electron chi connectivity index (χ1n) is 6.99. The summed E-state index contributed by atoms with van der Waals surface area (Å²) in [5.41, 5.74) is -0.600. The molecule has 19 heavy (non-hydrogen) atoms. The summed E-state index contributed by atoms with van der Waals surface area (Å²) in [7, 11) is 1.45. The highest BCUT2D eigenvalue weighted by atomic mass is 32.2. The molecule has 3 atom stereocenters. The minimum atomic E-state index is -0.600. The van der Waals surface area contributed by atoms with Crippen molar-refractivity contribution in [3.05, 3.63) is 0 Å². The highest BCUT2D eigenvalue weighted by Crippen LogP contribution is 2.43. The molecule has 1 aliphatic carbocycles. The zero-order valence-electron chi connectivity index (χ0n) is 12.6. The standard InChI is InChI=1S/C14H27NO3S/c1-9(2)15-14(12-6-7-12,13(17)18-5)8-19-11(4)10(3)16/h9-12,15-16H,6-8H2,1-5H3. The quantitative estimate of drug-likeness (QED) is 0.667.